The van der Waals surface area contributed by atoms with Crippen LogP contribution in [0.1, 0.15) is 48.0 Å². The molecule has 0 saturated carbocycles. The van der Waals surface area contributed by atoms with Gasteiger partial charge in [-0.2, -0.15) is 0 Å². The number of amides is 2. The van der Waals surface area contributed by atoms with Crippen LogP contribution >= 0.6 is 0 Å². The second-order valence-corrected chi connectivity index (χ2v) is 9.03. The molecule has 2 atom stereocenters. The summed E-state index contributed by atoms with van der Waals surface area (Å²) in [6.07, 6.45) is -0.561. The summed E-state index contributed by atoms with van der Waals surface area (Å²) in [6, 6.07) is 0. The molecule has 0 bridgehead atoms. The maximum Gasteiger partial charge on any atom is 0.410 e. The van der Waals surface area contributed by atoms with E-state index in [9.17, 15) is 14.4 Å². The molecule has 7 nitrogen and oxygen atoms in total. The van der Waals surface area contributed by atoms with Crippen LogP contribution in [0, 0.1) is 11.3 Å². The van der Waals surface area contributed by atoms with E-state index in [0.717, 1.165) is 0 Å². The summed E-state index contributed by atoms with van der Waals surface area (Å²) in [7, 11) is 0. The first-order chi connectivity index (χ1) is 12.3. The largest absolute Gasteiger partial charge is 0.466 e. The standard InChI is InChI=1S/C19H31FN2O5/c1-7-26-15(24)18(5,6)12-22-11-13-10-21(16(25)27-17(2,3)4)9-8-19(13,20)14(22)23/h13H,7-12H2,1-6H3/t13-,19+/m0/s1. The van der Waals surface area contributed by atoms with Crippen LogP contribution in [0.15, 0.2) is 0 Å². The van der Waals surface area contributed by atoms with Gasteiger partial charge in [0.1, 0.15) is 5.60 Å². The highest BCUT2D eigenvalue weighted by molar-refractivity contribution is 5.89. The smallest absolute Gasteiger partial charge is 0.410 e. The highest BCUT2D eigenvalue weighted by atomic mass is 19.1. The van der Waals surface area contributed by atoms with Crippen molar-refractivity contribution in [2.24, 2.45) is 11.3 Å². The lowest BCUT2D eigenvalue weighted by atomic mass is 9.85. The molecular formula is C19H31FN2O5. The van der Waals surface area contributed by atoms with E-state index in [4.69, 9.17) is 9.47 Å². The normalized spacial score (nSPS) is 26.0. The van der Waals surface area contributed by atoms with E-state index in [1.165, 1.54) is 9.80 Å². The van der Waals surface area contributed by atoms with Gasteiger partial charge in [-0.1, -0.05) is 0 Å². The van der Waals surface area contributed by atoms with Gasteiger partial charge in [0, 0.05) is 38.5 Å². The zero-order valence-electron chi connectivity index (χ0n) is 17.1. The van der Waals surface area contributed by atoms with Crippen molar-refractivity contribution in [2.45, 2.75) is 59.2 Å². The molecule has 2 fully saturated rings. The lowest BCUT2D eigenvalue weighted by Gasteiger charge is -2.37. The Kier molecular flexibility index (Phi) is 5.78. The fraction of sp³-hybridized carbons (Fsp3) is 0.842. The number of halogens is 1. The van der Waals surface area contributed by atoms with Gasteiger partial charge in [0.15, 0.2) is 5.67 Å². The predicted octanol–water partition coefficient (Wildman–Crippen LogP) is 2.38. The van der Waals surface area contributed by atoms with Crippen LogP contribution in [0.4, 0.5) is 9.18 Å². The Morgan fingerprint density at radius 3 is 2.41 bits per heavy atom. The first-order valence-electron chi connectivity index (χ1n) is 9.43. The Bertz CT molecular complexity index is 616. The summed E-state index contributed by atoms with van der Waals surface area (Å²) in [5.41, 5.74) is -3.56. The lowest BCUT2D eigenvalue weighted by Crippen LogP contribution is -2.53. The van der Waals surface area contributed by atoms with Crippen molar-refractivity contribution in [3.63, 3.8) is 0 Å². The molecule has 0 aromatic carbocycles. The molecule has 27 heavy (non-hydrogen) atoms. The summed E-state index contributed by atoms with van der Waals surface area (Å²) < 4.78 is 25.8. The first-order valence-corrected chi connectivity index (χ1v) is 9.43. The second kappa shape index (κ2) is 7.28. The van der Waals surface area contributed by atoms with E-state index in [-0.39, 0.29) is 39.2 Å². The quantitative estimate of drug-likeness (QED) is 0.694. The number of carbonyl (C=O) groups excluding carboxylic acids is 3. The molecule has 8 heteroatoms. The average molecular weight is 386 g/mol. The highest BCUT2D eigenvalue weighted by Gasteiger charge is 2.58. The third-order valence-corrected chi connectivity index (χ3v) is 4.98. The summed E-state index contributed by atoms with van der Waals surface area (Å²) in [5.74, 6) is -1.66. The molecule has 0 N–H and O–H groups in total. The van der Waals surface area contributed by atoms with Crippen molar-refractivity contribution < 1.29 is 28.2 Å². The van der Waals surface area contributed by atoms with Crippen LogP contribution in [-0.2, 0) is 19.1 Å². The number of fused-ring (bicyclic) bond motifs is 1. The molecule has 0 spiro atoms. The third-order valence-electron chi connectivity index (χ3n) is 4.98. The molecule has 2 rings (SSSR count). The second-order valence-electron chi connectivity index (χ2n) is 9.03. The van der Waals surface area contributed by atoms with E-state index in [1.807, 2.05) is 0 Å². The Morgan fingerprint density at radius 1 is 1.22 bits per heavy atom. The van der Waals surface area contributed by atoms with Gasteiger partial charge in [-0.25, -0.2) is 9.18 Å². The summed E-state index contributed by atoms with van der Waals surface area (Å²) in [4.78, 5) is 39.9. The maximum absolute atomic E-state index is 15.4. The van der Waals surface area contributed by atoms with Crippen LogP contribution in [0.25, 0.3) is 0 Å². The van der Waals surface area contributed by atoms with Gasteiger partial charge in [-0.3, -0.25) is 9.59 Å². The van der Waals surface area contributed by atoms with E-state index >= 15 is 4.39 Å². The minimum Gasteiger partial charge on any atom is -0.466 e. The van der Waals surface area contributed by atoms with Crippen molar-refractivity contribution in [1.82, 2.24) is 9.80 Å². The molecular weight excluding hydrogens is 355 g/mol. The number of hydrogen-bond donors (Lipinski definition) is 0. The Labute approximate surface area is 160 Å². The van der Waals surface area contributed by atoms with Gasteiger partial charge in [0.2, 0.25) is 0 Å². The molecule has 2 saturated heterocycles. The van der Waals surface area contributed by atoms with Gasteiger partial charge < -0.3 is 19.3 Å². The van der Waals surface area contributed by atoms with Crippen LogP contribution in [0.3, 0.4) is 0 Å². The molecule has 0 aromatic rings. The van der Waals surface area contributed by atoms with Crippen molar-refractivity contribution in [3.8, 4) is 0 Å². The number of rotatable bonds is 4. The zero-order valence-corrected chi connectivity index (χ0v) is 17.1. The Morgan fingerprint density at radius 2 is 1.85 bits per heavy atom. The molecule has 2 amide bonds. The molecule has 0 unspecified atom stereocenters. The number of alkyl halides is 1. The SMILES string of the molecule is CCOC(=O)C(C)(C)CN1C[C@@H]2CN(C(=O)OC(C)(C)C)CC[C@]2(F)C1=O. The predicted molar refractivity (Wildman–Crippen MR) is 96.7 cm³/mol. The maximum atomic E-state index is 15.4. The molecule has 154 valence electrons. The average Bonchev–Trinajstić information content (AvgIpc) is 2.76. The minimum atomic E-state index is -2.00. The number of piperidine rings is 1. The monoisotopic (exact) mass is 386 g/mol. The van der Waals surface area contributed by atoms with E-state index < -0.39 is 40.6 Å². The van der Waals surface area contributed by atoms with Crippen LogP contribution in [0.5, 0.6) is 0 Å². The highest BCUT2D eigenvalue weighted by Crippen LogP contribution is 2.41. The third kappa shape index (κ3) is 4.52. The number of ether oxygens (including phenoxy) is 2. The number of likely N-dealkylation sites (tertiary alicyclic amines) is 2. The van der Waals surface area contributed by atoms with Crippen molar-refractivity contribution in [3.05, 3.63) is 0 Å². The first kappa shape index (κ1) is 21.4. The molecule has 2 heterocycles. The van der Waals surface area contributed by atoms with Crippen molar-refractivity contribution >= 4 is 18.0 Å². The molecule has 2 aliphatic rings. The number of hydrogen-bond acceptors (Lipinski definition) is 5. The number of esters is 1. The minimum absolute atomic E-state index is 0.0634. The Hall–Kier alpha value is -1.86. The fourth-order valence-electron chi connectivity index (χ4n) is 3.60. The molecule has 0 aromatic heterocycles. The van der Waals surface area contributed by atoms with Gasteiger partial charge in [-0.05, 0) is 41.5 Å². The zero-order chi connectivity index (χ0) is 20.6. The summed E-state index contributed by atoms with van der Waals surface area (Å²) >= 11 is 0. The van der Waals surface area contributed by atoms with Crippen LogP contribution in [-0.4, -0.2) is 71.8 Å². The number of carbonyl (C=O) groups is 3. The molecule has 2 aliphatic heterocycles. The van der Waals surface area contributed by atoms with Crippen molar-refractivity contribution in [2.75, 3.05) is 32.8 Å². The van der Waals surface area contributed by atoms with Gasteiger partial charge >= 0.3 is 12.1 Å². The van der Waals surface area contributed by atoms with Crippen LogP contribution < -0.4 is 0 Å². The van der Waals surface area contributed by atoms with E-state index in [2.05, 4.69) is 0 Å². The van der Waals surface area contributed by atoms with E-state index in [0.29, 0.717) is 0 Å². The topological polar surface area (TPSA) is 76.2 Å². The molecule has 0 radical (unpaired) electrons. The molecule has 0 aliphatic carbocycles. The summed E-state index contributed by atoms with van der Waals surface area (Å²) in [5, 5.41) is 0. The van der Waals surface area contributed by atoms with Gasteiger partial charge in [0.05, 0.1) is 12.0 Å². The van der Waals surface area contributed by atoms with Crippen molar-refractivity contribution in [1.29, 1.82) is 0 Å². The number of nitrogens with zero attached hydrogens (tertiary/aromatic N) is 2. The Balaban J connectivity index is 2.07. The van der Waals surface area contributed by atoms with Gasteiger partial charge in [0.25, 0.3) is 5.91 Å². The van der Waals surface area contributed by atoms with Gasteiger partial charge in [-0.15, -0.1) is 0 Å². The lowest BCUT2D eigenvalue weighted by molar-refractivity contribution is -0.155. The van der Waals surface area contributed by atoms with E-state index in [1.54, 1.807) is 41.5 Å². The summed E-state index contributed by atoms with van der Waals surface area (Å²) in [6.45, 7) is 11.1. The fourth-order valence-corrected chi connectivity index (χ4v) is 3.60. The van der Waals surface area contributed by atoms with Crippen LogP contribution in [0.2, 0.25) is 0 Å².